The van der Waals surface area contributed by atoms with E-state index in [-0.39, 0.29) is 5.97 Å². The number of para-hydroxylation sites is 1. The fourth-order valence-corrected chi connectivity index (χ4v) is 2.76. The van der Waals surface area contributed by atoms with Crippen LogP contribution in [0, 0.1) is 0 Å². The molecule has 1 aromatic heterocycles. The van der Waals surface area contributed by atoms with Crippen molar-refractivity contribution in [3.05, 3.63) is 52.9 Å². The fourth-order valence-electron chi connectivity index (χ4n) is 2.76. The molecule has 0 saturated heterocycles. The molecule has 3 rings (SSSR count). The van der Waals surface area contributed by atoms with Crippen LogP contribution in [0.1, 0.15) is 49.4 Å². The topological polar surface area (TPSA) is 44.1 Å². The van der Waals surface area contributed by atoms with E-state index in [1.54, 1.807) is 0 Å². The maximum absolute atomic E-state index is 12.4. The van der Waals surface area contributed by atoms with Gasteiger partial charge in [0.1, 0.15) is 16.9 Å². The zero-order valence-electron chi connectivity index (χ0n) is 13.4. The summed E-state index contributed by atoms with van der Waals surface area (Å²) >= 11 is 0. The molecule has 4 nitrogen and oxygen atoms in total. The molecule has 0 N–H and O–H groups in total. The van der Waals surface area contributed by atoms with Crippen molar-refractivity contribution in [3.8, 4) is 5.69 Å². The predicted octanol–water partition coefficient (Wildman–Crippen LogP) is 3.79. The summed E-state index contributed by atoms with van der Waals surface area (Å²) in [6.45, 7) is 7.84. The molecule has 0 amide bonds. The van der Waals surface area contributed by atoms with Crippen molar-refractivity contribution in [2.24, 2.45) is 0 Å². The van der Waals surface area contributed by atoms with Crippen molar-refractivity contribution in [3.63, 3.8) is 0 Å². The van der Waals surface area contributed by atoms with E-state index in [9.17, 15) is 4.79 Å². The third-order valence-electron chi connectivity index (χ3n) is 3.60. The molecule has 1 aliphatic rings. The molecule has 0 unspecified atom stereocenters. The molecule has 0 spiro atoms. The van der Waals surface area contributed by atoms with Gasteiger partial charge in [-0.25, -0.2) is 9.48 Å². The Labute approximate surface area is 130 Å². The standard InChI is InChI=1S/C18H20N2O2/c1-12(2)10-14-16-15(11-18(3,4)22-17(16)21)20(19-14)13-8-6-5-7-9-13/h5-10H,11H2,1-4H3. The van der Waals surface area contributed by atoms with Crippen molar-refractivity contribution in [2.45, 2.75) is 39.7 Å². The summed E-state index contributed by atoms with van der Waals surface area (Å²) in [6.07, 6.45) is 2.57. The normalized spacial score (nSPS) is 15.9. The largest absolute Gasteiger partial charge is 0.456 e. The molecular formula is C18H20N2O2. The molecule has 0 saturated carbocycles. The average molecular weight is 296 g/mol. The zero-order chi connectivity index (χ0) is 15.9. The fraction of sp³-hybridized carbons (Fsp3) is 0.333. The highest BCUT2D eigenvalue weighted by atomic mass is 16.6. The first kappa shape index (κ1) is 14.6. The Morgan fingerprint density at radius 3 is 2.59 bits per heavy atom. The Bertz CT molecular complexity index is 751. The molecule has 4 heteroatoms. The highest BCUT2D eigenvalue weighted by molar-refractivity contribution is 5.96. The van der Waals surface area contributed by atoms with Gasteiger partial charge in [0.2, 0.25) is 0 Å². The van der Waals surface area contributed by atoms with Gasteiger partial charge in [-0.1, -0.05) is 23.8 Å². The lowest BCUT2D eigenvalue weighted by molar-refractivity contribution is -0.00718. The number of carbonyl (C=O) groups is 1. The zero-order valence-corrected chi connectivity index (χ0v) is 13.4. The second kappa shape index (κ2) is 5.13. The summed E-state index contributed by atoms with van der Waals surface area (Å²) in [7, 11) is 0. The van der Waals surface area contributed by atoms with Crippen LogP contribution in [-0.2, 0) is 11.2 Å². The molecular weight excluding hydrogens is 276 g/mol. The first-order valence-electron chi connectivity index (χ1n) is 7.43. The molecule has 114 valence electrons. The lowest BCUT2D eigenvalue weighted by atomic mass is 9.95. The van der Waals surface area contributed by atoms with Crippen molar-refractivity contribution in [2.75, 3.05) is 0 Å². The van der Waals surface area contributed by atoms with Crippen LogP contribution in [0.4, 0.5) is 0 Å². The monoisotopic (exact) mass is 296 g/mol. The molecule has 22 heavy (non-hydrogen) atoms. The molecule has 2 heterocycles. The highest BCUT2D eigenvalue weighted by Gasteiger charge is 2.37. The molecule has 0 atom stereocenters. The number of cyclic esters (lactones) is 1. The summed E-state index contributed by atoms with van der Waals surface area (Å²) in [5.41, 5.74) is 3.72. The van der Waals surface area contributed by atoms with Gasteiger partial charge in [-0.2, -0.15) is 5.10 Å². The van der Waals surface area contributed by atoms with Crippen LogP contribution in [0.5, 0.6) is 0 Å². The van der Waals surface area contributed by atoms with E-state index in [4.69, 9.17) is 4.74 Å². The Hall–Kier alpha value is -2.36. The van der Waals surface area contributed by atoms with Crippen LogP contribution in [0.3, 0.4) is 0 Å². The summed E-state index contributed by atoms with van der Waals surface area (Å²) in [5.74, 6) is -0.291. The van der Waals surface area contributed by atoms with E-state index < -0.39 is 5.60 Å². The van der Waals surface area contributed by atoms with Gasteiger partial charge in [0.05, 0.1) is 11.4 Å². The van der Waals surface area contributed by atoms with Gasteiger partial charge in [-0.05, 0) is 45.9 Å². The van der Waals surface area contributed by atoms with Crippen LogP contribution in [0.15, 0.2) is 35.9 Å². The van der Waals surface area contributed by atoms with Gasteiger partial charge in [0.25, 0.3) is 0 Å². The molecule has 0 fully saturated rings. The Morgan fingerprint density at radius 1 is 1.27 bits per heavy atom. The number of fused-ring (bicyclic) bond motifs is 1. The van der Waals surface area contributed by atoms with Crippen LogP contribution < -0.4 is 0 Å². The van der Waals surface area contributed by atoms with Gasteiger partial charge in [-0.3, -0.25) is 0 Å². The van der Waals surface area contributed by atoms with Crippen molar-refractivity contribution in [1.29, 1.82) is 0 Å². The van der Waals surface area contributed by atoms with Gasteiger partial charge < -0.3 is 4.74 Å². The van der Waals surface area contributed by atoms with E-state index in [1.807, 2.05) is 68.8 Å². The quantitative estimate of drug-likeness (QED) is 0.792. The van der Waals surface area contributed by atoms with Crippen molar-refractivity contribution < 1.29 is 9.53 Å². The maximum atomic E-state index is 12.4. The second-order valence-electron chi connectivity index (χ2n) is 6.50. The van der Waals surface area contributed by atoms with Gasteiger partial charge in [0, 0.05) is 6.42 Å². The number of allylic oxidation sites excluding steroid dienone is 1. The number of hydrogen-bond acceptors (Lipinski definition) is 3. The van der Waals surface area contributed by atoms with Gasteiger partial charge >= 0.3 is 5.97 Å². The summed E-state index contributed by atoms with van der Waals surface area (Å²) in [6, 6.07) is 9.89. The van der Waals surface area contributed by atoms with Crippen LogP contribution >= 0.6 is 0 Å². The molecule has 1 aromatic carbocycles. The average Bonchev–Trinajstić information content (AvgIpc) is 2.76. The number of ether oxygens (including phenoxy) is 1. The molecule has 0 aliphatic carbocycles. The minimum absolute atomic E-state index is 0.291. The van der Waals surface area contributed by atoms with E-state index in [2.05, 4.69) is 5.10 Å². The first-order valence-corrected chi connectivity index (χ1v) is 7.43. The minimum Gasteiger partial charge on any atom is -0.456 e. The molecule has 1 aliphatic heterocycles. The summed E-state index contributed by atoms with van der Waals surface area (Å²) < 4.78 is 7.42. The Balaban J connectivity index is 2.25. The molecule has 0 radical (unpaired) electrons. The van der Waals surface area contributed by atoms with E-state index in [0.717, 1.165) is 17.0 Å². The number of rotatable bonds is 2. The number of hydrogen-bond donors (Lipinski definition) is 0. The van der Waals surface area contributed by atoms with E-state index in [1.165, 1.54) is 0 Å². The van der Waals surface area contributed by atoms with E-state index in [0.29, 0.717) is 17.7 Å². The number of aromatic nitrogens is 2. The van der Waals surface area contributed by atoms with Crippen LogP contribution in [0.25, 0.3) is 11.8 Å². The molecule has 2 aromatic rings. The first-order chi connectivity index (χ1) is 10.4. The van der Waals surface area contributed by atoms with Crippen LogP contribution in [0.2, 0.25) is 0 Å². The summed E-state index contributed by atoms with van der Waals surface area (Å²) in [5, 5.41) is 4.66. The van der Waals surface area contributed by atoms with Gasteiger partial charge in [-0.15, -0.1) is 0 Å². The smallest absolute Gasteiger partial charge is 0.342 e. The van der Waals surface area contributed by atoms with Crippen molar-refractivity contribution in [1.82, 2.24) is 9.78 Å². The minimum atomic E-state index is -0.515. The summed E-state index contributed by atoms with van der Waals surface area (Å²) in [4.78, 5) is 12.4. The Kier molecular flexibility index (Phi) is 3.39. The third-order valence-corrected chi connectivity index (χ3v) is 3.60. The highest BCUT2D eigenvalue weighted by Crippen LogP contribution is 2.32. The number of benzene rings is 1. The number of carbonyl (C=O) groups excluding carboxylic acids is 1. The SMILES string of the molecule is CC(C)=Cc1nn(-c2ccccc2)c2c1C(=O)OC(C)(C)C2. The van der Waals surface area contributed by atoms with Gasteiger partial charge in [0.15, 0.2) is 0 Å². The molecule has 0 bridgehead atoms. The van der Waals surface area contributed by atoms with Crippen LogP contribution in [-0.4, -0.2) is 21.4 Å². The lowest BCUT2D eigenvalue weighted by Gasteiger charge is -2.30. The number of esters is 1. The van der Waals surface area contributed by atoms with Crippen molar-refractivity contribution >= 4 is 12.0 Å². The predicted molar refractivity (Wildman–Crippen MR) is 86.1 cm³/mol. The maximum Gasteiger partial charge on any atom is 0.342 e. The lowest BCUT2D eigenvalue weighted by Crippen LogP contribution is -2.36. The van der Waals surface area contributed by atoms with E-state index >= 15 is 0 Å². The number of nitrogens with zero attached hydrogens (tertiary/aromatic N) is 2. The Morgan fingerprint density at radius 2 is 1.95 bits per heavy atom. The second-order valence-corrected chi connectivity index (χ2v) is 6.50. The third kappa shape index (κ3) is 2.56.